The van der Waals surface area contributed by atoms with Crippen molar-refractivity contribution >= 4 is 15.9 Å². The minimum Gasteiger partial charge on any atom is -0.493 e. The van der Waals surface area contributed by atoms with Crippen LogP contribution in [0.4, 0.5) is 0 Å². The quantitative estimate of drug-likeness (QED) is 0.824. The van der Waals surface area contributed by atoms with E-state index < -0.39 is 16.1 Å². The zero-order valence-electron chi connectivity index (χ0n) is 13.7. The highest BCUT2D eigenvalue weighted by molar-refractivity contribution is 7.88. The van der Waals surface area contributed by atoms with Crippen molar-refractivity contribution in [2.75, 3.05) is 12.9 Å². The summed E-state index contributed by atoms with van der Waals surface area (Å²) in [7, 11) is -3.45. The normalized spacial score (nSPS) is 18.9. The predicted molar refractivity (Wildman–Crippen MR) is 88.7 cm³/mol. The first-order chi connectivity index (χ1) is 10.8. The lowest BCUT2D eigenvalue weighted by Gasteiger charge is -2.28. The zero-order chi connectivity index (χ0) is 17.0. The number of benzene rings is 1. The largest absolute Gasteiger partial charge is 0.493 e. The molecule has 0 unspecified atom stereocenters. The van der Waals surface area contributed by atoms with Gasteiger partial charge in [-0.15, -0.1) is 0 Å². The van der Waals surface area contributed by atoms with E-state index in [0.717, 1.165) is 17.6 Å². The highest BCUT2D eigenvalue weighted by Gasteiger charge is 2.28. The summed E-state index contributed by atoms with van der Waals surface area (Å²) >= 11 is 0. The first-order valence-electron chi connectivity index (χ1n) is 7.75. The number of hydrogen-bond donors (Lipinski definition) is 2. The van der Waals surface area contributed by atoms with Crippen molar-refractivity contribution in [2.24, 2.45) is 5.92 Å². The number of carbonyl (C=O) groups excluding carboxylic acids is 1. The summed E-state index contributed by atoms with van der Waals surface area (Å²) in [6.07, 6.45) is 2.18. The molecular formula is C16H24N2O4S. The van der Waals surface area contributed by atoms with Crippen LogP contribution in [0, 0.1) is 5.92 Å². The molecule has 1 amide bonds. The van der Waals surface area contributed by atoms with Crippen molar-refractivity contribution in [1.29, 1.82) is 0 Å². The fourth-order valence-corrected chi connectivity index (χ4v) is 3.42. The Labute approximate surface area is 137 Å². The third-order valence-corrected chi connectivity index (χ3v) is 4.37. The van der Waals surface area contributed by atoms with Crippen LogP contribution in [0.5, 0.6) is 5.75 Å². The molecule has 1 aliphatic rings. The van der Waals surface area contributed by atoms with Crippen molar-refractivity contribution in [3.8, 4) is 5.75 Å². The van der Waals surface area contributed by atoms with Crippen LogP contribution in [-0.4, -0.2) is 33.2 Å². The predicted octanol–water partition coefficient (Wildman–Crippen LogP) is 1.59. The number of amides is 1. The number of ether oxygens (including phenoxy) is 1. The van der Waals surface area contributed by atoms with Gasteiger partial charge in [0.05, 0.1) is 18.9 Å². The van der Waals surface area contributed by atoms with Gasteiger partial charge < -0.3 is 10.1 Å². The van der Waals surface area contributed by atoms with E-state index in [2.05, 4.69) is 10.0 Å². The lowest BCUT2D eigenvalue weighted by molar-refractivity contribution is -0.124. The number of nitrogens with one attached hydrogen (secondary N) is 2. The molecule has 0 saturated heterocycles. The molecule has 1 aliphatic heterocycles. The number of fused-ring (bicyclic) bond motifs is 1. The number of carbonyl (C=O) groups is 1. The van der Waals surface area contributed by atoms with Crippen molar-refractivity contribution in [3.63, 3.8) is 0 Å². The Morgan fingerprint density at radius 3 is 2.70 bits per heavy atom. The van der Waals surface area contributed by atoms with Gasteiger partial charge in [0, 0.05) is 12.0 Å². The maximum atomic E-state index is 12.6. The molecule has 0 spiro atoms. The summed E-state index contributed by atoms with van der Waals surface area (Å²) in [4.78, 5) is 12.6. The highest BCUT2D eigenvalue weighted by Crippen LogP contribution is 2.31. The van der Waals surface area contributed by atoms with Gasteiger partial charge in [0.2, 0.25) is 15.9 Å². The minimum absolute atomic E-state index is 0.163. The van der Waals surface area contributed by atoms with Gasteiger partial charge in [0.25, 0.3) is 0 Å². The Balaban J connectivity index is 2.12. The van der Waals surface area contributed by atoms with Gasteiger partial charge in [0.15, 0.2) is 0 Å². The average Bonchev–Trinajstić information content (AvgIpc) is 2.45. The SMILES string of the molecule is CC(C)C[C@H](NS(C)(=O)=O)C(=O)N[C@@H]1CCOc2ccccc21. The van der Waals surface area contributed by atoms with Gasteiger partial charge in [-0.2, -0.15) is 0 Å². The Morgan fingerprint density at radius 1 is 1.35 bits per heavy atom. The van der Waals surface area contributed by atoms with E-state index in [0.29, 0.717) is 19.4 Å². The molecule has 0 aliphatic carbocycles. The van der Waals surface area contributed by atoms with Crippen LogP contribution in [0.25, 0.3) is 0 Å². The van der Waals surface area contributed by atoms with E-state index in [1.165, 1.54) is 0 Å². The van der Waals surface area contributed by atoms with Gasteiger partial charge in [-0.3, -0.25) is 4.79 Å². The number of rotatable bonds is 6. The summed E-state index contributed by atoms with van der Waals surface area (Å²) in [6.45, 7) is 4.43. The molecular weight excluding hydrogens is 316 g/mol. The van der Waals surface area contributed by atoms with E-state index in [-0.39, 0.29) is 17.9 Å². The van der Waals surface area contributed by atoms with Gasteiger partial charge in [0.1, 0.15) is 11.8 Å². The highest BCUT2D eigenvalue weighted by atomic mass is 32.2. The average molecular weight is 340 g/mol. The molecule has 0 fully saturated rings. The summed E-state index contributed by atoms with van der Waals surface area (Å²) in [5, 5.41) is 2.96. The fourth-order valence-electron chi connectivity index (χ4n) is 2.70. The first-order valence-corrected chi connectivity index (χ1v) is 9.65. The molecule has 2 atom stereocenters. The van der Waals surface area contributed by atoms with Crippen LogP contribution >= 0.6 is 0 Å². The van der Waals surface area contributed by atoms with Gasteiger partial charge >= 0.3 is 0 Å². The van der Waals surface area contributed by atoms with E-state index in [4.69, 9.17) is 4.74 Å². The second-order valence-corrected chi connectivity index (χ2v) is 8.09. The van der Waals surface area contributed by atoms with Crippen LogP contribution in [-0.2, 0) is 14.8 Å². The van der Waals surface area contributed by atoms with Crippen LogP contribution < -0.4 is 14.8 Å². The molecule has 7 heteroatoms. The smallest absolute Gasteiger partial charge is 0.238 e. The lowest BCUT2D eigenvalue weighted by atomic mass is 9.99. The molecule has 1 heterocycles. The number of sulfonamides is 1. The summed E-state index contributed by atoms with van der Waals surface area (Å²) in [6, 6.07) is 6.64. The van der Waals surface area contributed by atoms with Gasteiger partial charge in [-0.1, -0.05) is 32.0 Å². The standard InChI is InChI=1S/C16H24N2O4S/c1-11(2)10-14(18-23(3,20)21)16(19)17-13-8-9-22-15-7-5-4-6-12(13)15/h4-7,11,13-14,18H,8-10H2,1-3H3,(H,17,19)/t13-,14+/m1/s1. The summed E-state index contributed by atoms with van der Waals surface area (Å²) < 4.78 is 31.0. The Hall–Kier alpha value is -1.60. The lowest BCUT2D eigenvalue weighted by Crippen LogP contribution is -2.48. The van der Waals surface area contributed by atoms with Crippen molar-refractivity contribution < 1.29 is 17.9 Å². The maximum absolute atomic E-state index is 12.6. The third kappa shape index (κ3) is 5.21. The van der Waals surface area contributed by atoms with Crippen molar-refractivity contribution in [2.45, 2.75) is 38.8 Å². The second kappa shape index (κ2) is 7.31. The molecule has 1 aromatic carbocycles. The zero-order valence-corrected chi connectivity index (χ0v) is 14.5. The van der Waals surface area contributed by atoms with Crippen LogP contribution in [0.1, 0.15) is 38.3 Å². The molecule has 0 aromatic heterocycles. The Bertz CT molecular complexity index is 658. The van der Waals surface area contributed by atoms with Crippen LogP contribution in [0.2, 0.25) is 0 Å². The van der Waals surface area contributed by atoms with Crippen molar-refractivity contribution in [1.82, 2.24) is 10.0 Å². The van der Waals surface area contributed by atoms with E-state index >= 15 is 0 Å². The molecule has 2 N–H and O–H groups in total. The maximum Gasteiger partial charge on any atom is 0.238 e. The second-order valence-electron chi connectivity index (χ2n) is 6.31. The fraction of sp³-hybridized carbons (Fsp3) is 0.562. The topological polar surface area (TPSA) is 84.5 Å². The van der Waals surface area contributed by atoms with Crippen molar-refractivity contribution in [3.05, 3.63) is 29.8 Å². The molecule has 2 rings (SSSR count). The summed E-state index contributed by atoms with van der Waals surface area (Å²) in [5.41, 5.74) is 0.926. The molecule has 23 heavy (non-hydrogen) atoms. The van der Waals surface area contributed by atoms with Crippen LogP contribution in [0.15, 0.2) is 24.3 Å². The van der Waals surface area contributed by atoms with E-state index in [1.54, 1.807) is 0 Å². The van der Waals surface area contributed by atoms with E-state index in [9.17, 15) is 13.2 Å². The third-order valence-electron chi connectivity index (χ3n) is 3.65. The Morgan fingerprint density at radius 2 is 2.04 bits per heavy atom. The van der Waals surface area contributed by atoms with Gasteiger partial charge in [-0.25, -0.2) is 13.1 Å². The van der Waals surface area contributed by atoms with Gasteiger partial charge in [-0.05, 0) is 18.4 Å². The number of hydrogen-bond acceptors (Lipinski definition) is 4. The van der Waals surface area contributed by atoms with Crippen LogP contribution in [0.3, 0.4) is 0 Å². The molecule has 1 aromatic rings. The monoisotopic (exact) mass is 340 g/mol. The summed E-state index contributed by atoms with van der Waals surface area (Å²) in [5.74, 6) is 0.660. The minimum atomic E-state index is -3.45. The molecule has 0 radical (unpaired) electrons. The first kappa shape index (κ1) is 17.7. The molecule has 128 valence electrons. The Kier molecular flexibility index (Phi) is 5.64. The molecule has 6 nitrogen and oxygen atoms in total. The number of para-hydroxylation sites is 1. The molecule has 0 bridgehead atoms. The molecule has 0 saturated carbocycles. The van der Waals surface area contributed by atoms with E-state index in [1.807, 2.05) is 38.1 Å².